The molecule has 1 saturated heterocycles. The zero-order valence-corrected chi connectivity index (χ0v) is 12.4. The summed E-state index contributed by atoms with van der Waals surface area (Å²) >= 11 is 3.43. The van der Waals surface area contributed by atoms with Gasteiger partial charge in [0.15, 0.2) is 0 Å². The summed E-state index contributed by atoms with van der Waals surface area (Å²) in [6.45, 7) is 4.80. The van der Waals surface area contributed by atoms with E-state index < -0.39 is 0 Å². The molecule has 1 aliphatic carbocycles. The van der Waals surface area contributed by atoms with Crippen LogP contribution in [-0.2, 0) is 14.9 Å². The molecule has 0 spiro atoms. The van der Waals surface area contributed by atoms with E-state index in [9.17, 15) is 4.79 Å². The lowest BCUT2D eigenvalue weighted by atomic mass is 9.92. The second kappa shape index (κ2) is 4.76. The Morgan fingerprint density at radius 2 is 1.89 bits per heavy atom. The maximum Gasteiger partial charge on any atom is 0.250 e. The number of amides is 1. The summed E-state index contributed by atoms with van der Waals surface area (Å²) < 4.78 is 6.34. The highest BCUT2D eigenvalue weighted by atomic mass is 79.9. The molecule has 100 valence electrons. The number of allylic oxidation sites excluding steroid dienone is 1. The summed E-state index contributed by atoms with van der Waals surface area (Å²) in [4.78, 5) is 14.3. The van der Waals surface area contributed by atoms with Crippen molar-refractivity contribution >= 4 is 21.8 Å². The first-order chi connectivity index (χ1) is 9.11. The van der Waals surface area contributed by atoms with Gasteiger partial charge in [0.05, 0.1) is 13.2 Å². The molecule has 0 bridgehead atoms. The van der Waals surface area contributed by atoms with Gasteiger partial charge in [0.25, 0.3) is 5.91 Å². The quantitative estimate of drug-likeness (QED) is 0.837. The molecule has 1 fully saturated rings. The SMILES string of the molecule is CC1(c2ccc(Br)cc2)C=C1C(=O)N1CCOCC1. The van der Waals surface area contributed by atoms with Crippen molar-refractivity contribution < 1.29 is 9.53 Å². The van der Waals surface area contributed by atoms with E-state index in [-0.39, 0.29) is 11.3 Å². The van der Waals surface area contributed by atoms with E-state index in [1.54, 1.807) is 0 Å². The zero-order valence-electron chi connectivity index (χ0n) is 10.9. The molecule has 3 rings (SSSR count). The standard InChI is InChI=1S/C15H16BrNO2/c1-15(11-2-4-12(16)5-3-11)10-13(15)14(18)17-6-8-19-9-7-17/h2-5,10H,6-9H2,1H3. The average Bonchev–Trinajstić information content (AvgIpc) is 3.13. The van der Waals surface area contributed by atoms with Gasteiger partial charge >= 0.3 is 0 Å². The summed E-state index contributed by atoms with van der Waals surface area (Å²) in [7, 11) is 0. The summed E-state index contributed by atoms with van der Waals surface area (Å²) in [5.74, 6) is 0.161. The van der Waals surface area contributed by atoms with Crippen molar-refractivity contribution in [3.8, 4) is 0 Å². The van der Waals surface area contributed by atoms with Gasteiger partial charge in [-0.05, 0) is 24.6 Å². The zero-order chi connectivity index (χ0) is 13.5. The van der Waals surface area contributed by atoms with Crippen LogP contribution in [0.1, 0.15) is 12.5 Å². The molecule has 2 aliphatic rings. The van der Waals surface area contributed by atoms with Crippen molar-refractivity contribution in [1.82, 2.24) is 4.90 Å². The number of hydrogen-bond acceptors (Lipinski definition) is 2. The molecule has 1 atom stereocenters. The van der Waals surface area contributed by atoms with Gasteiger partial charge in [-0.1, -0.05) is 34.1 Å². The van der Waals surface area contributed by atoms with Crippen LogP contribution in [0.25, 0.3) is 0 Å². The Labute approximate surface area is 121 Å². The van der Waals surface area contributed by atoms with Gasteiger partial charge in [-0.25, -0.2) is 0 Å². The molecule has 1 amide bonds. The molecule has 0 radical (unpaired) electrons. The second-order valence-electron chi connectivity index (χ2n) is 5.17. The second-order valence-corrected chi connectivity index (χ2v) is 6.09. The van der Waals surface area contributed by atoms with Crippen LogP contribution in [-0.4, -0.2) is 37.1 Å². The molecule has 3 nitrogen and oxygen atoms in total. The Kier molecular flexibility index (Phi) is 3.23. The van der Waals surface area contributed by atoms with Crippen LogP contribution in [0, 0.1) is 0 Å². The largest absolute Gasteiger partial charge is 0.378 e. The van der Waals surface area contributed by atoms with E-state index in [2.05, 4.69) is 41.1 Å². The summed E-state index contributed by atoms with van der Waals surface area (Å²) in [5, 5.41) is 0. The first-order valence-corrected chi connectivity index (χ1v) is 7.27. The van der Waals surface area contributed by atoms with E-state index in [0.717, 1.165) is 10.0 Å². The summed E-state index contributed by atoms with van der Waals surface area (Å²) in [6, 6.07) is 8.17. The third kappa shape index (κ3) is 2.35. The topological polar surface area (TPSA) is 29.5 Å². The fourth-order valence-corrected chi connectivity index (χ4v) is 2.77. The highest BCUT2D eigenvalue weighted by molar-refractivity contribution is 9.10. The first kappa shape index (κ1) is 12.9. The molecule has 1 unspecified atom stereocenters. The highest BCUT2D eigenvalue weighted by Gasteiger charge is 2.46. The summed E-state index contributed by atoms with van der Waals surface area (Å²) in [5.41, 5.74) is 1.90. The minimum absolute atomic E-state index is 0.161. The summed E-state index contributed by atoms with van der Waals surface area (Å²) in [6.07, 6.45) is 2.06. The van der Waals surface area contributed by atoms with Crippen LogP contribution in [0.15, 0.2) is 40.4 Å². The minimum atomic E-state index is -0.184. The van der Waals surface area contributed by atoms with E-state index in [1.165, 1.54) is 5.56 Å². The smallest absolute Gasteiger partial charge is 0.250 e. The fraction of sp³-hybridized carbons (Fsp3) is 0.400. The Morgan fingerprint density at radius 3 is 2.53 bits per heavy atom. The Hall–Kier alpha value is -1.13. The van der Waals surface area contributed by atoms with E-state index in [4.69, 9.17) is 4.74 Å². The molecular formula is C15H16BrNO2. The van der Waals surface area contributed by atoms with E-state index >= 15 is 0 Å². The number of hydrogen-bond donors (Lipinski definition) is 0. The van der Waals surface area contributed by atoms with Crippen molar-refractivity contribution in [3.63, 3.8) is 0 Å². The molecule has 1 heterocycles. The van der Waals surface area contributed by atoms with Crippen LogP contribution in [0.5, 0.6) is 0 Å². The van der Waals surface area contributed by atoms with Gasteiger partial charge in [0.2, 0.25) is 0 Å². The Bertz CT molecular complexity index is 532. The number of halogens is 1. The van der Waals surface area contributed by atoms with Crippen molar-refractivity contribution in [2.24, 2.45) is 0 Å². The number of carbonyl (C=O) groups is 1. The van der Waals surface area contributed by atoms with Gasteiger partial charge in [0, 0.05) is 28.6 Å². The Morgan fingerprint density at radius 1 is 1.26 bits per heavy atom. The number of carbonyl (C=O) groups excluding carboxylic acids is 1. The van der Waals surface area contributed by atoms with Crippen LogP contribution in [0.2, 0.25) is 0 Å². The predicted molar refractivity (Wildman–Crippen MR) is 77.0 cm³/mol. The number of benzene rings is 1. The van der Waals surface area contributed by atoms with Gasteiger partial charge in [-0.3, -0.25) is 4.79 Å². The molecule has 1 aliphatic heterocycles. The lowest BCUT2D eigenvalue weighted by Gasteiger charge is -2.27. The van der Waals surface area contributed by atoms with Crippen molar-refractivity contribution in [2.75, 3.05) is 26.3 Å². The fourth-order valence-electron chi connectivity index (χ4n) is 2.51. The third-order valence-corrected chi connectivity index (χ3v) is 4.41. The number of nitrogens with zero attached hydrogens (tertiary/aromatic N) is 1. The lowest BCUT2D eigenvalue weighted by Crippen LogP contribution is -2.41. The van der Waals surface area contributed by atoms with Crippen LogP contribution in [0.4, 0.5) is 0 Å². The molecule has 0 N–H and O–H groups in total. The van der Waals surface area contributed by atoms with Gasteiger partial charge in [0.1, 0.15) is 0 Å². The Balaban J connectivity index is 1.73. The van der Waals surface area contributed by atoms with Crippen LogP contribution in [0.3, 0.4) is 0 Å². The van der Waals surface area contributed by atoms with Crippen LogP contribution >= 0.6 is 15.9 Å². The van der Waals surface area contributed by atoms with E-state index in [1.807, 2.05) is 17.0 Å². The molecule has 0 saturated carbocycles. The van der Waals surface area contributed by atoms with Crippen molar-refractivity contribution in [1.29, 1.82) is 0 Å². The lowest BCUT2D eigenvalue weighted by molar-refractivity contribution is -0.130. The van der Waals surface area contributed by atoms with Crippen LogP contribution < -0.4 is 0 Å². The first-order valence-electron chi connectivity index (χ1n) is 6.48. The maximum absolute atomic E-state index is 12.4. The van der Waals surface area contributed by atoms with Gasteiger partial charge < -0.3 is 9.64 Å². The minimum Gasteiger partial charge on any atom is -0.378 e. The molecule has 1 aromatic carbocycles. The molecule has 1 aromatic rings. The van der Waals surface area contributed by atoms with Crippen molar-refractivity contribution in [2.45, 2.75) is 12.3 Å². The molecule has 4 heteroatoms. The van der Waals surface area contributed by atoms with Crippen molar-refractivity contribution in [3.05, 3.63) is 46.0 Å². The molecular weight excluding hydrogens is 306 g/mol. The highest BCUT2D eigenvalue weighted by Crippen LogP contribution is 2.47. The number of ether oxygens (including phenoxy) is 1. The van der Waals surface area contributed by atoms with Gasteiger partial charge in [-0.2, -0.15) is 0 Å². The maximum atomic E-state index is 12.4. The average molecular weight is 322 g/mol. The van der Waals surface area contributed by atoms with Gasteiger partial charge in [-0.15, -0.1) is 0 Å². The number of rotatable bonds is 2. The third-order valence-electron chi connectivity index (χ3n) is 3.88. The van der Waals surface area contributed by atoms with E-state index in [0.29, 0.717) is 26.3 Å². The monoisotopic (exact) mass is 321 g/mol. The molecule has 0 aromatic heterocycles. The normalized spacial score (nSPS) is 26.0. The number of morpholine rings is 1. The molecule has 19 heavy (non-hydrogen) atoms. The predicted octanol–water partition coefficient (Wildman–Crippen LogP) is 2.51.